The van der Waals surface area contributed by atoms with Crippen molar-refractivity contribution in [3.8, 4) is 11.3 Å². The molecule has 0 aliphatic carbocycles. The second kappa shape index (κ2) is 31.5. The van der Waals surface area contributed by atoms with Crippen LogP contribution in [0.25, 0.3) is 47.9 Å². The molecule has 4 aliphatic rings. The molecule has 95 heavy (non-hydrogen) atoms. The molecular weight excluding hydrogens is 1270 g/mol. The van der Waals surface area contributed by atoms with Gasteiger partial charge >= 0.3 is 7.12 Å². The summed E-state index contributed by atoms with van der Waals surface area (Å²) in [7, 11) is 3.66. The maximum absolute atomic E-state index is 7.12. The zero-order valence-electron chi connectivity index (χ0n) is 53.2. The molecule has 0 radical (unpaired) electrons. The summed E-state index contributed by atoms with van der Waals surface area (Å²) in [4.78, 5) is 51.5. The highest BCUT2D eigenvalue weighted by Gasteiger charge is 2.51. The minimum atomic E-state index is -0.315. The van der Waals surface area contributed by atoms with Crippen molar-refractivity contribution in [2.45, 2.75) is 38.9 Å². The molecule has 14 rings (SSSR count). The minimum absolute atomic E-state index is 0.306. The van der Waals surface area contributed by atoms with Gasteiger partial charge in [-0.3, -0.25) is 0 Å². The summed E-state index contributed by atoms with van der Waals surface area (Å²) in [5, 5.41) is 7.66. The summed E-state index contributed by atoms with van der Waals surface area (Å²) in [6.45, 7) is 37.5. The molecule has 0 bridgehead atoms. The topological polar surface area (TPSA) is 232 Å². The van der Waals surface area contributed by atoms with E-state index in [1.165, 1.54) is 6.07 Å². The lowest BCUT2D eigenvalue weighted by atomic mass is 9.79. The summed E-state index contributed by atoms with van der Waals surface area (Å²) < 4.78 is 32.2. The fourth-order valence-electron chi connectivity index (χ4n) is 9.85. The Morgan fingerprint density at radius 2 is 0.863 bits per heavy atom. The van der Waals surface area contributed by atoms with Gasteiger partial charge in [-0.2, -0.15) is 9.97 Å². The molecule has 0 spiro atoms. The van der Waals surface area contributed by atoms with Crippen LogP contribution in [0.15, 0.2) is 140 Å². The van der Waals surface area contributed by atoms with Crippen LogP contribution in [-0.2, 0) is 37.6 Å². The molecular formula is C67H69BCl3N19O5. The minimum Gasteiger partial charge on any atom is -0.399 e. The van der Waals surface area contributed by atoms with E-state index in [0.29, 0.717) is 107 Å². The highest BCUT2D eigenvalue weighted by molar-refractivity contribution is 6.62. The smallest absolute Gasteiger partial charge is 0.399 e. The Kier molecular flexibility index (Phi) is 22.6. The molecule has 4 aliphatic heterocycles. The number of morpholine rings is 3. The van der Waals surface area contributed by atoms with Gasteiger partial charge in [0, 0.05) is 94.2 Å². The van der Waals surface area contributed by atoms with Crippen molar-refractivity contribution >= 4 is 133 Å². The Labute approximate surface area is 566 Å². The first-order valence-corrected chi connectivity index (χ1v) is 31.5. The number of benzene rings is 5. The first-order valence-electron chi connectivity index (χ1n) is 30.3. The SMILES string of the molecule is Clc1cc(Cl)nc(N2CCOCC2)n1.Cn1cnc2ccc(B3OC(C)(C)C(C)(C)O3)cc21.[C-]#[N+]c1ccc(N)cc1.[C-]#[N+]c1ccc(Nc2cc(-c3ccc4ncn(C)c4c3)nc(N3CCOCC3)n2)cc1.[C-]#[N+]c1ccc(Nc2cc(Cl)nc(N3CCOCC3)n2)cc1. The Bertz CT molecular complexity index is 4330. The van der Waals surface area contributed by atoms with E-state index in [9.17, 15) is 0 Å². The predicted octanol–water partition coefficient (Wildman–Crippen LogP) is 12.7. The highest BCUT2D eigenvalue weighted by Crippen LogP contribution is 2.37. The van der Waals surface area contributed by atoms with Crippen LogP contribution >= 0.6 is 34.8 Å². The molecule has 0 amide bonds. The van der Waals surface area contributed by atoms with Crippen molar-refractivity contribution in [2.75, 3.05) is 110 Å². The van der Waals surface area contributed by atoms with Gasteiger partial charge in [-0.25, -0.2) is 44.4 Å². The number of nitrogens with zero attached hydrogens (tertiary/aromatic N) is 16. The van der Waals surface area contributed by atoms with Crippen LogP contribution in [0.3, 0.4) is 0 Å². The second-order valence-electron chi connectivity index (χ2n) is 22.9. The van der Waals surface area contributed by atoms with Gasteiger partial charge in [0.2, 0.25) is 17.8 Å². The summed E-state index contributed by atoms with van der Waals surface area (Å²) in [5.41, 5.74) is 16.0. The van der Waals surface area contributed by atoms with Crippen molar-refractivity contribution in [3.63, 3.8) is 0 Å². The summed E-state index contributed by atoms with van der Waals surface area (Å²) >= 11 is 17.6. The summed E-state index contributed by atoms with van der Waals surface area (Å²) in [5.74, 6) is 3.16. The molecule has 9 heterocycles. The highest BCUT2D eigenvalue weighted by atomic mass is 35.5. The van der Waals surface area contributed by atoms with E-state index in [1.54, 1.807) is 54.6 Å². The van der Waals surface area contributed by atoms with Crippen LogP contribution in [0.4, 0.5) is 63.6 Å². The van der Waals surface area contributed by atoms with Crippen LogP contribution in [-0.4, -0.2) is 146 Å². The largest absolute Gasteiger partial charge is 0.494 e. The number of aryl methyl sites for hydroxylation is 2. The van der Waals surface area contributed by atoms with Gasteiger partial charge in [0.1, 0.15) is 27.1 Å². The van der Waals surface area contributed by atoms with Crippen LogP contribution in [0.2, 0.25) is 15.5 Å². The number of hydrogen-bond donors (Lipinski definition) is 3. The van der Waals surface area contributed by atoms with E-state index in [4.69, 9.17) is 93.7 Å². The van der Waals surface area contributed by atoms with Gasteiger partial charge in [-0.15, -0.1) is 0 Å². The number of ether oxygens (including phenoxy) is 3. The molecule has 24 nitrogen and oxygen atoms in total. The third-order valence-electron chi connectivity index (χ3n) is 15.8. The fourth-order valence-corrected chi connectivity index (χ4v) is 10.4. The quantitative estimate of drug-likeness (QED) is 0.0527. The number of nitrogens with two attached hydrogens (primary N) is 1. The van der Waals surface area contributed by atoms with Gasteiger partial charge in [-0.05, 0) is 93.8 Å². The molecule has 486 valence electrons. The summed E-state index contributed by atoms with van der Waals surface area (Å²) in [6, 6.07) is 38.7. The standard InChI is InChI=1S/C23H21N7O.C15H14ClN5O.C14H19BN2O2.C8H9Cl2N3O.C7H6N2/c1-24-17-4-6-18(7-5-17)26-22-14-20(27-23(28-22)30-9-11-31-12-10-30)16-3-8-19-21(13-16)29(2)15-25-19;1-17-11-2-4-12(5-3-11)18-14-10-13(16)19-15(20-14)21-6-8-22-9-7-21;1-13(2)14(3,4)19-15(18-13)10-6-7-11-12(8-10)17(5)9-16-11;9-6-5-7(10)12-8(11-6)13-1-3-14-4-2-13;1-9-7-4-2-6(8)3-5-7/h3-8,13-15H,9-12H2,2H3,(H,26,27,28);2-5,10H,6-9H2,(H,18,19,20);6-9H,1-5H3;5H,1-4H2;2-5H,8H2. The average molecular weight is 1340 g/mol. The average Bonchev–Trinajstić information content (AvgIpc) is 1.64. The molecule has 4 N–H and O–H groups in total. The lowest BCUT2D eigenvalue weighted by molar-refractivity contribution is 0.00578. The van der Waals surface area contributed by atoms with Crippen molar-refractivity contribution in [3.05, 3.63) is 190 Å². The Morgan fingerprint density at radius 3 is 1.32 bits per heavy atom. The van der Waals surface area contributed by atoms with E-state index >= 15 is 0 Å². The van der Waals surface area contributed by atoms with E-state index in [2.05, 4.69) is 99.8 Å². The van der Waals surface area contributed by atoms with E-state index < -0.39 is 0 Å². The molecule has 10 aromatic rings. The molecule has 0 atom stereocenters. The second-order valence-corrected chi connectivity index (χ2v) is 24.1. The molecule has 5 aromatic heterocycles. The van der Waals surface area contributed by atoms with Crippen LogP contribution in [0.5, 0.6) is 0 Å². The molecule has 5 aromatic carbocycles. The molecule has 28 heteroatoms. The van der Waals surface area contributed by atoms with Gasteiger partial charge in [0.25, 0.3) is 0 Å². The van der Waals surface area contributed by atoms with Gasteiger partial charge in [0.05, 0.1) is 111 Å². The predicted molar refractivity (Wildman–Crippen MR) is 375 cm³/mol. The number of rotatable bonds is 9. The Hall–Kier alpha value is -9.72. The van der Waals surface area contributed by atoms with Crippen LogP contribution in [0, 0.1) is 19.7 Å². The van der Waals surface area contributed by atoms with Crippen molar-refractivity contribution < 1.29 is 23.5 Å². The molecule has 0 saturated carbocycles. The first-order chi connectivity index (χ1) is 45.8. The fraction of sp³-hybridized carbons (Fsp3) is 0.299. The number of anilines is 8. The lowest BCUT2D eigenvalue weighted by Crippen LogP contribution is -2.41. The van der Waals surface area contributed by atoms with E-state index in [1.807, 2.05) is 100 Å². The third kappa shape index (κ3) is 18.2. The Morgan fingerprint density at radius 1 is 0.474 bits per heavy atom. The number of fused-ring (bicyclic) bond motifs is 2. The van der Waals surface area contributed by atoms with Gasteiger partial charge in [-0.1, -0.05) is 83.3 Å². The molecule has 4 fully saturated rings. The van der Waals surface area contributed by atoms with Crippen molar-refractivity contribution in [2.24, 2.45) is 14.1 Å². The number of nitrogen functional groups attached to an aromatic ring is 1. The van der Waals surface area contributed by atoms with Crippen molar-refractivity contribution in [1.82, 2.24) is 49.0 Å². The number of imidazole rings is 2. The van der Waals surface area contributed by atoms with E-state index in [0.717, 1.165) is 89.4 Å². The maximum atomic E-state index is 7.12. The maximum Gasteiger partial charge on any atom is 0.494 e. The molecule has 4 saturated heterocycles. The number of hydrogen-bond acceptors (Lipinski definition) is 19. The van der Waals surface area contributed by atoms with Crippen molar-refractivity contribution in [1.29, 1.82) is 0 Å². The Balaban J connectivity index is 0.000000136. The first kappa shape index (κ1) is 68.2. The third-order valence-corrected chi connectivity index (χ3v) is 16.4. The number of halogens is 3. The van der Waals surface area contributed by atoms with Crippen LogP contribution in [0.1, 0.15) is 27.7 Å². The molecule has 0 unspecified atom stereocenters. The lowest BCUT2D eigenvalue weighted by Gasteiger charge is -2.32. The zero-order chi connectivity index (χ0) is 67.1. The number of nitrogens with one attached hydrogen (secondary N) is 2. The normalized spacial score (nSPS) is 15.4. The van der Waals surface area contributed by atoms with Gasteiger partial charge in [0.15, 0.2) is 17.1 Å². The summed E-state index contributed by atoms with van der Waals surface area (Å²) in [6.07, 6.45) is 3.63. The zero-order valence-corrected chi connectivity index (χ0v) is 55.5. The van der Waals surface area contributed by atoms with Gasteiger partial charge < -0.3 is 63.7 Å². The van der Waals surface area contributed by atoms with Crippen LogP contribution < -0.4 is 36.5 Å². The van der Waals surface area contributed by atoms with E-state index in [-0.39, 0.29) is 18.3 Å². The number of aromatic nitrogens is 10. The monoisotopic (exact) mass is 1340 g/mol.